The number of aromatic nitrogens is 1. The molecule has 0 aliphatic heterocycles. The molecule has 1 atom stereocenters. The number of carbonyl (C=O) groups excluding carboxylic acids is 1. The first kappa shape index (κ1) is 14.8. The highest BCUT2D eigenvalue weighted by molar-refractivity contribution is 6.30. The Morgan fingerprint density at radius 3 is 2.70 bits per heavy atom. The first-order valence-corrected chi connectivity index (χ1v) is 6.65. The Bertz CT molecular complexity index is 655. The highest BCUT2D eigenvalue weighted by atomic mass is 35.5. The van der Waals surface area contributed by atoms with Crippen LogP contribution in [0.1, 0.15) is 25.5 Å². The lowest BCUT2D eigenvalue weighted by atomic mass is 9.81. The summed E-state index contributed by atoms with van der Waals surface area (Å²) in [5, 5.41) is 1.25. The van der Waals surface area contributed by atoms with E-state index in [-0.39, 0.29) is 5.97 Å². The van der Waals surface area contributed by atoms with Crippen LogP contribution in [0.3, 0.4) is 0 Å². The maximum atomic E-state index is 11.9. The van der Waals surface area contributed by atoms with E-state index in [9.17, 15) is 4.79 Å². The van der Waals surface area contributed by atoms with E-state index in [0.717, 1.165) is 10.9 Å². The largest absolute Gasteiger partial charge is 0.469 e. The van der Waals surface area contributed by atoms with Crippen molar-refractivity contribution in [2.24, 2.45) is 11.1 Å². The fourth-order valence-electron chi connectivity index (χ4n) is 2.11. The Morgan fingerprint density at radius 2 is 2.05 bits per heavy atom. The Balaban J connectivity index is 2.52. The number of ether oxygens (including phenoxy) is 1. The van der Waals surface area contributed by atoms with Gasteiger partial charge in [-0.3, -0.25) is 4.79 Å². The summed E-state index contributed by atoms with van der Waals surface area (Å²) in [5.74, 6) is -0.380. The normalized spacial score (nSPS) is 13.2. The summed E-state index contributed by atoms with van der Waals surface area (Å²) >= 11 is 6.21. The van der Waals surface area contributed by atoms with Crippen LogP contribution in [0.15, 0.2) is 30.3 Å². The molecule has 0 fully saturated rings. The van der Waals surface area contributed by atoms with Gasteiger partial charge in [0.2, 0.25) is 0 Å². The zero-order valence-corrected chi connectivity index (χ0v) is 12.4. The molecule has 0 aliphatic rings. The zero-order chi connectivity index (χ0) is 14.9. The SMILES string of the molecule is COC(=O)C(C)(C)[C@H](N)c1cc2ccccc2nc1Cl. The number of fused-ring (bicyclic) bond motifs is 1. The van der Waals surface area contributed by atoms with E-state index >= 15 is 0 Å². The topological polar surface area (TPSA) is 65.2 Å². The summed E-state index contributed by atoms with van der Waals surface area (Å²) in [5.41, 5.74) is 6.76. The molecule has 20 heavy (non-hydrogen) atoms. The van der Waals surface area contributed by atoms with Crippen LogP contribution < -0.4 is 5.73 Å². The van der Waals surface area contributed by atoms with Gasteiger partial charge in [0.25, 0.3) is 0 Å². The van der Waals surface area contributed by atoms with Crippen molar-refractivity contribution >= 4 is 28.5 Å². The molecule has 2 rings (SSSR count). The summed E-state index contributed by atoms with van der Waals surface area (Å²) in [4.78, 5) is 16.2. The van der Waals surface area contributed by atoms with Crippen molar-refractivity contribution in [3.8, 4) is 0 Å². The van der Waals surface area contributed by atoms with E-state index < -0.39 is 11.5 Å². The molecule has 0 radical (unpaired) electrons. The Kier molecular flexibility index (Phi) is 3.97. The second-order valence-electron chi connectivity index (χ2n) is 5.25. The van der Waals surface area contributed by atoms with Crippen molar-refractivity contribution in [1.82, 2.24) is 4.98 Å². The lowest BCUT2D eigenvalue weighted by molar-refractivity contribution is -0.152. The molecule has 0 saturated heterocycles. The molecule has 0 bridgehead atoms. The third-order valence-electron chi connectivity index (χ3n) is 3.53. The van der Waals surface area contributed by atoms with Crippen LogP contribution in [0.25, 0.3) is 10.9 Å². The molecule has 2 aromatic rings. The highest BCUT2D eigenvalue weighted by Gasteiger charge is 2.37. The van der Waals surface area contributed by atoms with Crippen LogP contribution in [-0.2, 0) is 9.53 Å². The maximum absolute atomic E-state index is 11.9. The van der Waals surface area contributed by atoms with Crippen LogP contribution in [0, 0.1) is 5.41 Å². The van der Waals surface area contributed by atoms with Gasteiger partial charge in [-0.2, -0.15) is 0 Å². The number of carbonyl (C=O) groups is 1. The molecule has 2 N–H and O–H groups in total. The number of benzene rings is 1. The number of nitrogens with two attached hydrogens (primary N) is 1. The van der Waals surface area contributed by atoms with Crippen LogP contribution in [0.4, 0.5) is 0 Å². The van der Waals surface area contributed by atoms with Crippen LogP contribution in [0.5, 0.6) is 0 Å². The maximum Gasteiger partial charge on any atom is 0.313 e. The van der Waals surface area contributed by atoms with E-state index in [0.29, 0.717) is 10.7 Å². The molecule has 0 unspecified atom stereocenters. The van der Waals surface area contributed by atoms with Crippen molar-refractivity contribution in [3.05, 3.63) is 41.0 Å². The van der Waals surface area contributed by atoms with Crippen molar-refractivity contribution < 1.29 is 9.53 Å². The molecule has 0 spiro atoms. The first-order valence-electron chi connectivity index (χ1n) is 6.27. The van der Waals surface area contributed by atoms with Crippen molar-refractivity contribution in [1.29, 1.82) is 0 Å². The predicted molar refractivity (Wildman–Crippen MR) is 79.5 cm³/mol. The van der Waals surface area contributed by atoms with Crippen LogP contribution in [-0.4, -0.2) is 18.1 Å². The Labute approximate surface area is 122 Å². The summed E-state index contributed by atoms with van der Waals surface area (Å²) in [7, 11) is 1.34. The molecular weight excluding hydrogens is 276 g/mol. The summed E-state index contributed by atoms with van der Waals surface area (Å²) in [6.07, 6.45) is 0. The Morgan fingerprint density at radius 1 is 1.40 bits per heavy atom. The molecule has 4 nitrogen and oxygen atoms in total. The van der Waals surface area contributed by atoms with E-state index in [1.807, 2.05) is 30.3 Å². The molecule has 1 aromatic carbocycles. The number of esters is 1. The fraction of sp³-hybridized carbons (Fsp3) is 0.333. The van der Waals surface area contributed by atoms with Gasteiger partial charge in [-0.05, 0) is 26.0 Å². The molecule has 0 amide bonds. The summed E-state index contributed by atoms with van der Waals surface area (Å²) in [6.45, 7) is 3.46. The molecule has 1 heterocycles. The molecule has 5 heteroatoms. The number of para-hydroxylation sites is 1. The van der Waals surface area contributed by atoms with E-state index in [1.54, 1.807) is 13.8 Å². The third kappa shape index (κ3) is 2.49. The van der Waals surface area contributed by atoms with Crippen LogP contribution in [0.2, 0.25) is 5.15 Å². The van der Waals surface area contributed by atoms with Crippen molar-refractivity contribution in [2.45, 2.75) is 19.9 Å². The molecule has 106 valence electrons. The minimum Gasteiger partial charge on any atom is -0.469 e. The summed E-state index contributed by atoms with van der Waals surface area (Å²) < 4.78 is 4.80. The summed E-state index contributed by atoms with van der Waals surface area (Å²) in [6, 6.07) is 8.89. The van der Waals surface area contributed by atoms with Crippen molar-refractivity contribution in [3.63, 3.8) is 0 Å². The lowest BCUT2D eigenvalue weighted by Crippen LogP contribution is -2.37. The number of methoxy groups -OCH3 is 1. The second-order valence-corrected chi connectivity index (χ2v) is 5.61. The number of nitrogens with zero attached hydrogens (tertiary/aromatic N) is 1. The molecule has 0 saturated carbocycles. The van der Waals surface area contributed by atoms with Gasteiger partial charge in [-0.15, -0.1) is 0 Å². The van der Waals surface area contributed by atoms with Gasteiger partial charge in [0.1, 0.15) is 5.15 Å². The first-order chi connectivity index (χ1) is 9.37. The number of hydrogen-bond donors (Lipinski definition) is 1. The average molecular weight is 293 g/mol. The number of hydrogen-bond acceptors (Lipinski definition) is 4. The average Bonchev–Trinajstić information content (AvgIpc) is 2.44. The van der Waals surface area contributed by atoms with E-state index in [4.69, 9.17) is 22.1 Å². The predicted octanol–water partition coefficient (Wildman–Crippen LogP) is 3.09. The highest BCUT2D eigenvalue weighted by Crippen LogP contribution is 2.36. The molecule has 0 aliphatic carbocycles. The van der Waals surface area contributed by atoms with E-state index in [1.165, 1.54) is 7.11 Å². The van der Waals surface area contributed by atoms with Gasteiger partial charge < -0.3 is 10.5 Å². The number of pyridine rings is 1. The van der Waals surface area contributed by atoms with Crippen molar-refractivity contribution in [2.75, 3.05) is 7.11 Å². The quantitative estimate of drug-likeness (QED) is 0.697. The minimum absolute atomic E-state index is 0.313. The van der Waals surface area contributed by atoms with Gasteiger partial charge in [-0.25, -0.2) is 4.98 Å². The zero-order valence-electron chi connectivity index (χ0n) is 11.7. The van der Waals surface area contributed by atoms with Gasteiger partial charge in [0.15, 0.2) is 0 Å². The molecular formula is C15H17ClN2O2. The number of rotatable bonds is 3. The number of halogens is 1. The lowest BCUT2D eigenvalue weighted by Gasteiger charge is -2.29. The van der Waals surface area contributed by atoms with Gasteiger partial charge >= 0.3 is 5.97 Å². The monoisotopic (exact) mass is 292 g/mol. The van der Waals surface area contributed by atoms with Crippen LogP contribution >= 0.6 is 11.6 Å². The smallest absolute Gasteiger partial charge is 0.313 e. The second kappa shape index (κ2) is 5.38. The fourth-order valence-corrected chi connectivity index (χ4v) is 2.37. The minimum atomic E-state index is -0.886. The van der Waals surface area contributed by atoms with Gasteiger partial charge in [0, 0.05) is 17.0 Å². The third-order valence-corrected chi connectivity index (χ3v) is 3.83. The standard InChI is InChI=1S/C15H17ClN2O2/c1-15(2,14(19)20-3)12(17)10-8-9-6-4-5-7-11(9)18-13(10)16/h4-8,12H,17H2,1-3H3/t12-/m1/s1. The molecule has 1 aromatic heterocycles. The Hall–Kier alpha value is -1.65. The van der Waals surface area contributed by atoms with E-state index in [2.05, 4.69) is 4.98 Å². The van der Waals surface area contributed by atoms with Gasteiger partial charge in [0.05, 0.1) is 18.0 Å². The van der Waals surface area contributed by atoms with Gasteiger partial charge in [-0.1, -0.05) is 29.8 Å².